The highest BCUT2D eigenvalue weighted by molar-refractivity contribution is 6.31. The van der Waals surface area contributed by atoms with E-state index in [4.69, 9.17) is 32.7 Å². The van der Waals surface area contributed by atoms with E-state index in [2.05, 4.69) is 0 Å². The molecule has 0 fully saturated rings. The summed E-state index contributed by atoms with van der Waals surface area (Å²) in [7, 11) is 3.21. The van der Waals surface area contributed by atoms with Gasteiger partial charge in [0, 0.05) is 5.02 Å². The van der Waals surface area contributed by atoms with Crippen LogP contribution in [-0.4, -0.2) is 14.2 Å². The van der Waals surface area contributed by atoms with Crippen LogP contribution >= 0.6 is 23.2 Å². The van der Waals surface area contributed by atoms with Crippen molar-refractivity contribution < 1.29 is 9.47 Å². The van der Waals surface area contributed by atoms with Crippen LogP contribution in [0.3, 0.4) is 0 Å². The van der Waals surface area contributed by atoms with Gasteiger partial charge in [-0.1, -0.05) is 23.7 Å². The van der Waals surface area contributed by atoms with Crippen molar-refractivity contribution in [2.24, 2.45) is 0 Å². The minimum atomic E-state index is -0.285. The maximum absolute atomic E-state index is 6.55. The van der Waals surface area contributed by atoms with Crippen LogP contribution in [0.4, 0.5) is 0 Å². The van der Waals surface area contributed by atoms with E-state index in [0.717, 1.165) is 16.7 Å². The van der Waals surface area contributed by atoms with Gasteiger partial charge in [0.25, 0.3) is 0 Å². The zero-order valence-electron chi connectivity index (χ0n) is 11.6. The maximum atomic E-state index is 6.55. The van der Waals surface area contributed by atoms with Crippen molar-refractivity contribution in [2.45, 2.75) is 12.3 Å². The molecule has 0 N–H and O–H groups in total. The number of hydrogen-bond donors (Lipinski definition) is 0. The van der Waals surface area contributed by atoms with E-state index >= 15 is 0 Å². The van der Waals surface area contributed by atoms with Crippen molar-refractivity contribution >= 4 is 23.2 Å². The molecule has 2 nitrogen and oxygen atoms in total. The first kappa shape index (κ1) is 15.0. The van der Waals surface area contributed by atoms with E-state index in [1.807, 2.05) is 43.3 Å². The molecule has 0 aliphatic heterocycles. The van der Waals surface area contributed by atoms with Gasteiger partial charge in [-0.2, -0.15) is 0 Å². The summed E-state index contributed by atoms with van der Waals surface area (Å²) in [5.74, 6) is 1.34. The molecule has 0 spiro atoms. The van der Waals surface area contributed by atoms with Gasteiger partial charge >= 0.3 is 0 Å². The monoisotopic (exact) mass is 310 g/mol. The molecule has 0 aliphatic carbocycles. The number of halogens is 2. The molecule has 0 radical (unpaired) electrons. The highest BCUT2D eigenvalue weighted by Crippen LogP contribution is 2.36. The first-order valence-electron chi connectivity index (χ1n) is 6.18. The van der Waals surface area contributed by atoms with E-state index in [0.29, 0.717) is 16.5 Å². The summed E-state index contributed by atoms with van der Waals surface area (Å²) in [5, 5.41) is 0.401. The van der Waals surface area contributed by atoms with Gasteiger partial charge in [-0.25, -0.2) is 0 Å². The van der Waals surface area contributed by atoms with Crippen molar-refractivity contribution in [1.29, 1.82) is 0 Å². The number of hydrogen-bond acceptors (Lipinski definition) is 2. The van der Waals surface area contributed by atoms with Gasteiger partial charge in [-0.3, -0.25) is 0 Å². The van der Waals surface area contributed by atoms with Crippen LogP contribution in [0.2, 0.25) is 5.02 Å². The van der Waals surface area contributed by atoms with Crippen LogP contribution in [-0.2, 0) is 0 Å². The Kier molecular flexibility index (Phi) is 4.79. The highest BCUT2D eigenvalue weighted by atomic mass is 35.5. The Bertz CT molecular complexity index is 591. The maximum Gasteiger partial charge on any atom is 0.161 e. The molecule has 4 heteroatoms. The molecule has 0 saturated heterocycles. The highest BCUT2D eigenvalue weighted by Gasteiger charge is 2.14. The van der Waals surface area contributed by atoms with Crippen LogP contribution in [0.15, 0.2) is 36.4 Å². The van der Waals surface area contributed by atoms with Crippen LogP contribution in [0.5, 0.6) is 11.5 Å². The van der Waals surface area contributed by atoms with Gasteiger partial charge in [0.2, 0.25) is 0 Å². The molecule has 2 aromatic rings. The van der Waals surface area contributed by atoms with Crippen molar-refractivity contribution in [2.75, 3.05) is 14.2 Å². The van der Waals surface area contributed by atoms with Crippen LogP contribution in [0, 0.1) is 6.92 Å². The van der Waals surface area contributed by atoms with Crippen molar-refractivity contribution in [3.63, 3.8) is 0 Å². The van der Waals surface area contributed by atoms with E-state index in [1.54, 1.807) is 14.2 Å². The average molecular weight is 311 g/mol. The minimum Gasteiger partial charge on any atom is -0.493 e. The Morgan fingerprint density at radius 3 is 2.20 bits per heavy atom. The number of benzene rings is 2. The van der Waals surface area contributed by atoms with E-state index < -0.39 is 0 Å². The molecule has 0 aromatic heterocycles. The van der Waals surface area contributed by atoms with Gasteiger partial charge in [0.1, 0.15) is 0 Å². The van der Waals surface area contributed by atoms with Crippen molar-refractivity contribution in [3.05, 3.63) is 58.1 Å². The molecule has 20 heavy (non-hydrogen) atoms. The Labute approximate surface area is 129 Å². The summed E-state index contributed by atoms with van der Waals surface area (Å²) < 4.78 is 10.5. The lowest BCUT2D eigenvalue weighted by atomic mass is 10.0. The van der Waals surface area contributed by atoms with Crippen molar-refractivity contribution in [1.82, 2.24) is 0 Å². The second-order valence-corrected chi connectivity index (χ2v) is 5.41. The largest absolute Gasteiger partial charge is 0.493 e. The molecular formula is C16H16Cl2O2. The SMILES string of the molecule is COc1ccc(C(Cl)c2cc(C)cc(Cl)c2)cc1OC. The number of alkyl halides is 1. The normalized spacial score (nSPS) is 12.1. The third-order valence-corrected chi connectivity index (χ3v) is 3.78. The lowest BCUT2D eigenvalue weighted by molar-refractivity contribution is 0.354. The Morgan fingerprint density at radius 2 is 1.60 bits per heavy atom. The fourth-order valence-electron chi connectivity index (χ4n) is 2.11. The molecule has 2 aromatic carbocycles. The van der Waals surface area contributed by atoms with E-state index in [-0.39, 0.29) is 5.38 Å². The molecule has 0 aliphatic rings. The Balaban J connectivity index is 2.39. The molecule has 1 atom stereocenters. The van der Waals surface area contributed by atoms with Gasteiger partial charge in [-0.05, 0) is 47.9 Å². The third kappa shape index (κ3) is 3.20. The van der Waals surface area contributed by atoms with Crippen LogP contribution < -0.4 is 9.47 Å². The summed E-state index contributed by atoms with van der Waals surface area (Å²) in [5.41, 5.74) is 2.98. The summed E-state index contributed by atoms with van der Waals surface area (Å²) in [6, 6.07) is 11.5. The Hall–Kier alpha value is -1.38. The molecular weight excluding hydrogens is 295 g/mol. The number of methoxy groups -OCH3 is 2. The van der Waals surface area contributed by atoms with Gasteiger partial charge < -0.3 is 9.47 Å². The quantitative estimate of drug-likeness (QED) is 0.740. The second kappa shape index (κ2) is 6.38. The topological polar surface area (TPSA) is 18.5 Å². The minimum absolute atomic E-state index is 0.285. The summed E-state index contributed by atoms with van der Waals surface area (Å²) in [6.45, 7) is 1.99. The van der Waals surface area contributed by atoms with E-state index in [9.17, 15) is 0 Å². The predicted octanol–water partition coefficient (Wildman–Crippen LogP) is 4.99. The molecule has 106 valence electrons. The molecule has 0 bridgehead atoms. The first-order chi connectivity index (χ1) is 9.55. The van der Waals surface area contributed by atoms with E-state index in [1.165, 1.54) is 0 Å². The van der Waals surface area contributed by atoms with Crippen LogP contribution in [0.25, 0.3) is 0 Å². The Morgan fingerprint density at radius 1 is 0.900 bits per heavy atom. The zero-order valence-corrected chi connectivity index (χ0v) is 13.1. The molecule has 0 saturated carbocycles. The number of rotatable bonds is 4. The van der Waals surface area contributed by atoms with Gasteiger partial charge in [-0.15, -0.1) is 11.6 Å². The standard InChI is InChI=1S/C16H16Cl2O2/c1-10-6-12(8-13(17)7-10)16(18)11-4-5-14(19-2)15(9-11)20-3/h4-9,16H,1-3H3. The lowest BCUT2D eigenvalue weighted by Gasteiger charge is -2.14. The molecule has 0 heterocycles. The first-order valence-corrected chi connectivity index (χ1v) is 6.99. The molecule has 1 unspecified atom stereocenters. The van der Waals surface area contributed by atoms with Gasteiger partial charge in [0.05, 0.1) is 19.6 Å². The number of aryl methyl sites for hydroxylation is 1. The van der Waals surface area contributed by atoms with Crippen LogP contribution in [0.1, 0.15) is 22.1 Å². The second-order valence-electron chi connectivity index (χ2n) is 4.54. The third-order valence-electron chi connectivity index (χ3n) is 3.06. The fourth-order valence-corrected chi connectivity index (χ4v) is 2.67. The van der Waals surface area contributed by atoms with Gasteiger partial charge in [0.15, 0.2) is 11.5 Å². The summed E-state index contributed by atoms with van der Waals surface area (Å²) in [6.07, 6.45) is 0. The average Bonchev–Trinajstić information content (AvgIpc) is 2.44. The van der Waals surface area contributed by atoms with Crippen molar-refractivity contribution in [3.8, 4) is 11.5 Å². The fraction of sp³-hybridized carbons (Fsp3) is 0.250. The lowest BCUT2D eigenvalue weighted by Crippen LogP contribution is -1.97. The zero-order chi connectivity index (χ0) is 14.7. The molecule has 2 rings (SSSR count). The smallest absolute Gasteiger partial charge is 0.161 e. The summed E-state index contributed by atoms with van der Waals surface area (Å²) in [4.78, 5) is 0. The predicted molar refractivity (Wildman–Crippen MR) is 83.4 cm³/mol. The summed E-state index contributed by atoms with van der Waals surface area (Å²) >= 11 is 12.6. The number of ether oxygens (including phenoxy) is 2. The molecule has 0 amide bonds.